The van der Waals surface area contributed by atoms with Gasteiger partial charge in [0.15, 0.2) is 0 Å². The standard InChI is InChI=1S/C8H13NO/c1-3-6-5-7(6)9-8(10)4-2/h3,6-7H,1,4-5H2,2H3,(H,9,10). The zero-order valence-corrected chi connectivity index (χ0v) is 6.26. The van der Waals surface area contributed by atoms with Crippen LogP contribution in [0.3, 0.4) is 0 Å². The molecule has 1 amide bonds. The Morgan fingerprint density at radius 1 is 1.90 bits per heavy atom. The first-order chi connectivity index (χ1) is 4.77. The Labute approximate surface area is 61.3 Å². The number of nitrogens with one attached hydrogen (secondary N) is 1. The van der Waals surface area contributed by atoms with Crippen LogP contribution in [0.2, 0.25) is 0 Å². The number of carbonyl (C=O) groups excluding carboxylic acids is 1. The molecule has 0 bridgehead atoms. The van der Waals surface area contributed by atoms with E-state index in [9.17, 15) is 4.79 Å². The Bertz CT molecular complexity index is 153. The van der Waals surface area contributed by atoms with E-state index in [2.05, 4.69) is 11.9 Å². The molecule has 2 unspecified atom stereocenters. The van der Waals surface area contributed by atoms with Crippen LogP contribution in [0.5, 0.6) is 0 Å². The summed E-state index contributed by atoms with van der Waals surface area (Å²) >= 11 is 0. The van der Waals surface area contributed by atoms with Crippen molar-refractivity contribution in [3.63, 3.8) is 0 Å². The van der Waals surface area contributed by atoms with Crippen LogP contribution >= 0.6 is 0 Å². The summed E-state index contributed by atoms with van der Waals surface area (Å²) in [5.74, 6) is 0.685. The Hall–Kier alpha value is -0.790. The highest BCUT2D eigenvalue weighted by molar-refractivity contribution is 5.76. The van der Waals surface area contributed by atoms with E-state index in [1.165, 1.54) is 0 Å². The molecule has 1 saturated carbocycles. The zero-order valence-electron chi connectivity index (χ0n) is 6.26. The van der Waals surface area contributed by atoms with Gasteiger partial charge in [0.05, 0.1) is 0 Å². The van der Waals surface area contributed by atoms with Crippen molar-refractivity contribution in [3.8, 4) is 0 Å². The minimum Gasteiger partial charge on any atom is -0.353 e. The van der Waals surface area contributed by atoms with Gasteiger partial charge in [0, 0.05) is 12.5 Å². The first-order valence-electron chi connectivity index (χ1n) is 3.69. The molecule has 2 heteroatoms. The molecule has 2 nitrogen and oxygen atoms in total. The van der Waals surface area contributed by atoms with Crippen molar-refractivity contribution >= 4 is 5.91 Å². The van der Waals surface area contributed by atoms with Crippen molar-refractivity contribution in [1.82, 2.24) is 5.32 Å². The van der Waals surface area contributed by atoms with Gasteiger partial charge in [-0.15, -0.1) is 6.58 Å². The third-order valence-electron chi connectivity index (χ3n) is 1.81. The van der Waals surface area contributed by atoms with Crippen LogP contribution < -0.4 is 5.32 Å². The molecule has 0 spiro atoms. The van der Waals surface area contributed by atoms with E-state index in [0.717, 1.165) is 6.42 Å². The van der Waals surface area contributed by atoms with Gasteiger partial charge >= 0.3 is 0 Å². The summed E-state index contributed by atoms with van der Waals surface area (Å²) in [6, 6.07) is 0.393. The Morgan fingerprint density at radius 3 is 3.00 bits per heavy atom. The fourth-order valence-electron chi connectivity index (χ4n) is 0.950. The molecule has 56 valence electrons. The first kappa shape index (κ1) is 7.32. The Kier molecular flexibility index (Phi) is 2.10. The maximum atomic E-state index is 10.8. The van der Waals surface area contributed by atoms with Crippen molar-refractivity contribution in [2.24, 2.45) is 5.92 Å². The minimum atomic E-state index is 0.148. The molecule has 1 N–H and O–H groups in total. The number of rotatable bonds is 3. The summed E-state index contributed by atoms with van der Waals surface area (Å²) in [5.41, 5.74) is 0. The third-order valence-corrected chi connectivity index (χ3v) is 1.81. The highest BCUT2D eigenvalue weighted by atomic mass is 16.1. The topological polar surface area (TPSA) is 29.1 Å². The van der Waals surface area contributed by atoms with Crippen molar-refractivity contribution in [3.05, 3.63) is 12.7 Å². The van der Waals surface area contributed by atoms with Crippen molar-refractivity contribution in [2.75, 3.05) is 0 Å². The van der Waals surface area contributed by atoms with Crippen LogP contribution in [0.1, 0.15) is 19.8 Å². The predicted molar refractivity (Wildman–Crippen MR) is 40.5 cm³/mol. The van der Waals surface area contributed by atoms with Crippen LogP contribution in [0, 0.1) is 5.92 Å². The number of hydrogen-bond acceptors (Lipinski definition) is 1. The van der Waals surface area contributed by atoms with Crippen molar-refractivity contribution in [2.45, 2.75) is 25.8 Å². The third kappa shape index (κ3) is 1.59. The molecule has 0 radical (unpaired) electrons. The van der Waals surface area contributed by atoms with Gasteiger partial charge in [-0.1, -0.05) is 13.0 Å². The first-order valence-corrected chi connectivity index (χ1v) is 3.69. The lowest BCUT2D eigenvalue weighted by Crippen LogP contribution is -2.25. The maximum absolute atomic E-state index is 10.8. The van der Waals surface area contributed by atoms with E-state index < -0.39 is 0 Å². The van der Waals surface area contributed by atoms with Gasteiger partial charge in [0.2, 0.25) is 5.91 Å². The average molecular weight is 139 g/mol. The monoisotopic (exact) mass is 139 g/mol. The van der Waals surface area contributed by atoms with Gasteiger partial charge < -0.3 is 5.32 Å². The summed E-state index contributed by atoms with van der Waals surface area (Å²) in [6.07, 6.45) is 3.57. The molecule has 0 aromatic rings. The van der Waals surface area contributed by atoms with E-state index >= 15 is 0 Å². The van der Waals surface area contributed by atoms with Gasteiger partial charge in [0.1, 0.15) is 0 Å². The molecule has 1 aliphatic carbocycles. The molecule has 1 rings (SSSR count). The normalized spacial score (nSPS) is 29.3. The van der Waals surface area contributed by atoms with Crippen LogP contribution in [0.25, 0.3) is 0 Å². The largest absolute Gasteiger partial charge is 0.353 e. The van der Waals surface area contributed by atoms with E-state index in [1.807, 2.05) is 13.0 Å². The molecule has 0 heterocycles. The predicted octanol–water partition coefficient (Wildman–Crippen LogP) is 1.09. The van der Waals surface area contributed by atoms with Gasteiger partial charge in [-0.2, -0.15) is 0 Å². The second-order valence-electron chi connectivity index (χ2n) is 2.66. The number of amides is 1. The molecular formula is C8H13NO. The fraction of sp³-hybridized carbons (Fsp3) is 0.625. The molecule has 0 saturated heterocycles. The van der Waals surface area contributed by atoms with Crippen LogP contribution in [-0.4, -0.2) is 11.9 Å². The highest BCUT2D eigenvalue weighted by Crippen LogP contribution is 2.30. The van der Waals surface area contributed by atoms with Gasteiger partial charge in [-0.25, -0.2) is 0 Å². The number of hydrogen-bond donors (Lipinski definition) is 1. The maximum Gasteiger partial charge on any atom is 0.219 e. The summed E-state index contributed by atoms with van der Waals surface area (Å²) < 4.78 is 0. The van der Waals surface area contributed by atoms with Gasteiger partial charge in [-0.05, 0) is 12.3 Å². The second-order valence-corrected chi connectivity index (χ2v) is 2.66. The minimum absolute atomic E-state index is 0.148. The molecule has 10 heavy (non-hydrogen) atoms. The van der Waals surface area contributed by atoms with E-state index in [-0.39, 0.29) is 5.91 Å². The van der Waals surface area contributed by atoms with Gasteiger partial charge in [-0.3, -0.25) is 4.79 Å². The molecule has 1 fully saturated rings. The van der Waals surface area contributed by atoms with E-state index in [0.29, 0.717) is 18.4 Å². The lowest BCUT2D eigenvalue weighted by Gasteiger charge is -1.98. The number of carbonyl (C=O) groups is 1. The van der Waals surface area contributed by atoms with Gasteiger partial charge in [0.25, 0.3) is 0 Å². The lowest BCUT2D eigenvalue weighted by atomic mass is 10.4. The smallest absolute Gasteiger partial charge is 0.219 e. The Balaban J connectivity index is 2.17. The van der Waals surface area contributed by atoms with Crippen LogP contribution in [0.4, 0.5) is 0 Å². The van der Waals surface area contributed by atoms with Crippen molar-refractivity contribution < 1.29 is 4.79 Å². The molecule has 2 atom stereocenters. The average Bonchev–Trinajstić information content (AvgIpc) is 2.67. The second kappa shape index (κ2) is 2.86. The molecule has 0 aliphatic heterocycles. The molecule has 0 aromatic carbocycles. The van der Waals surface area contributed by atoms with Crippen LogP contribution in [-0.2, 0) is 4.79 Å². The van der Waals surface area contributed by atoms with Crippen LogP contribution in [0.15, 0.2) is 12.7 Å². The SMILES string of the molecule is C=CC1CC1NC(=O)CC. The summed E-state index contributed by atoms with van der Waals surface area (Å²) in [7, 11) is 0. The zero-order chi connectivity index (χ0) is 7.56. The summed E-state index contributed by atoms with van der Waals surface area (Å²) in [4.78, 5) is 10.8. The lowest BCUT2D eigenvalue weighted by molar-refractivity contribution is -0.120. The quantitative estimate of drug-likeness (QED) is 0.582. The summed E-state index contributed by atoms with van der Waals surface area (Å²) in [5, 5.41) is 2.89. The summed E-state index contributed by atoms with van der Waals surface area (Å²) in [6.45, 7) is 5.52. The Morgan fingerprint density at radius 2 is 2.60 bits per heavy atom. The molecule has 0 aromatic heterocycles. The van der Waals surface area contributed by atoms with Crippen molar-refractivity contribution in [1.29, 1.82) is 0 Å². The fourth-order valence-corrected chi connectivity index (χ4v) is 0.950. The molecular weight excluding hydrogens is 126 g/mol. The van der Waals surface area contributed by atoms with E-state index in [1.54, 1.807) is 0 Å². The van der Waals surface area contributed by atoms with E-state index in [4.69, 9.17) is 0 Å². The molecule has 1 aliphatic rings. The highest BCUT2D eigenvalue weighted by Gasteiger charge is 2.34.